The van der Waals surface area contributed by atoms with Crippen molar-refractivity contribution < 1.29 is 19.1 Å². The van der Waals surface area contributed by atoms with Crippen molar-refractivity contribution in [3.05, 3.63) is 64.9 Å². The van der Waals surface area contributed by atoms with Crippen LogP contribution in [0.15, 0.2) is 48.2 Å². The van der Waals surface area contributed by atoms with E-state index in [4.69, 9.17) is 15.2 Å². The summed E-state index contributed by atoms with van der Waals surface area (Å²) in [5.74, 6) is 0.0861. The predicted molar refractivity (Wildman–Crippen MR) is 94.0 cm³/mol. The van der Waals surface area contributed by atoms with E-state index >= 15 is 0 Å². The Hall–Kier alpha value is -3.28. The Balaban J connectivity index is 1.92. The third-order valence-corrected chi connectivity index (χ3v) is 4.02. The minimum atomic E-state index is -0.305. The quantitative estimate of drug-likeness (QED) is 0.813. The number of allylic oxidation sites excluding steroid dienone is 2. The normalized spacial score (nSPS) is 13.1. The molecule has 3 N–H and O–H groups in total. The number of carbonyl (C=O) groups excluding carboxylic acids is 2. The van der Waals surface area contributed by atoms with Gasteiger partial charge in [-0.25, -0.2) is 0 Å². The van der Waals surface area contributed by atoms with E-state index in [1.807, 2.05) is 12.1 Å². The molecule has 6 heteroatoms. The van der Waals surface area contributed by atoms with E-state index in [9.17, 15) is 9.59 Å². The fourth-order valence-corrected chi connectivity index (χ4v) is 2.74. The summed E-state index contributed by atoms with van der Waals surface area (Å²) in [6, 6.07) is 10.5. The lowest BCUT2D eigenvalue weighted by Crippen LogP contribution is -2.27. The molecule has 0 saturated carbocycles. The number of methoxy groups -OCH3 is 2. The van der Waals surface area contributed by atoms with Crippen LogP contribution in [0.4, 0.5) is 5.69 Å². The summed E-state index contributed by atoms with van der Waals surface area (Å²) < 4.78 is 10.5. The van der Waals surface area contributed by atoms with Gasteiger partial charge in [0.15, 0.2) is 5.78 Å². The number of Topliss-reactive ketones (excluding diaryl/α,β-unsaturated/α-hetero) is 1. The van der Waals surface area contributed by atoms with Gasteiger partial charge in [0, 0.05) is 18.3 Å². The van der Waals surface area contributed by atoms with Crippen molar-refractivity contribution in [2.75, 3.05) is 20.0 Å². The molecule has 1 aliphatic carbocycles. The summed E-state index contributed by atoms with van der Waals surface area (Å²) in [6.07, 6.45) is 1.30. The van der Waals surface area contributed by atoms with Gasteiger partial charge in [-0.15, -0.1) is 0 Å². The molecule has 0 radical (unpaired) electrons. The van der Waals surface area contributed by atoms with Crippen LogP contribution in [0.5, 0.6) is 11.5 Å². The SMILES string of the molecule is COc1ccc(OC)c2c1C(=O)C=C(NCc1ccc(N)cc1)C2=O. The molecule has 1 aliphatic rings. The van der Waals surface area contributed by atoms with Crippen molar-refractivity contribution >= 4 is 17.3 Å². The van der Waals surface area contributed by atoms with Crippen molar-refractivity contribution in [1.82, 2.24) is 5.32 Å². The second-order valence-electron chi connectivity index (χ2n) is 5.57. The van der Waals surface area contributed by atoms with Gasteiger partial charge in [0.05, 0.1) is 31.0 Å². The molecule has 0 aromatic heterocycles. The van der Waals surface area contributed by atoms with E-state index in [-0.39, 0.29) is 28.4 Å². The first-order chi connectivity index (χ1) is 12.0. The smallest absolute Gasteiger partial charge is 0.213 e. The number of carbonyl (C=O) groups is 2. The summed E-state index contributed by atoms with van der Waals surface area (Å²) in [4.78, 5) is 25.4. The van der Waals surface area contributed by atoms with Gasteiger partial charge in [0.25, 0.3) is 0 Å². The molecule has 2 aromatic carbocycles. The number of fused-ring (bicyclic) bond motifs is 1. The monoisotopic (exact) mass is 338 g/mol. The molecule has 0 atom stereocenters. The van der Waals surface area contributed by atoms with Gasteiger partial charge < -0.3 is 20.5 Å². The molecule has 3 rings (SSSR count). The average Bonchev–Trinajstić information content (AvgIpc) is 2.63. The van der Waals surface area contributed by atoms with Gasteiger partial charge in [0.2, 0.25) is 5.78 Å². The Morgan fingerprint density at radius 1 is 0.920 bits per heavy atom. The summed E-state index contributed by atoms with van der Waals surface area (Å²) >= 11 is 0. The highest BCUT2D eigenvalue weighted by Crippen LogP contribution is 2.35. The average molecular weight is 338 g/mol. The van der Waals surface area contributed by atoms with Gasteiger partial charge in [-0.05, 0) is 29.8 Å². The Kier molecular flexibility index (Phi) is 4.43. The minimum absolute atomic E-state index is 0.217. The van der Waals surface area contributed by atoms with E-state index in [2.05, 4.69) is 5.32 Å². The Labute approximate surface area is 145 Å². The zero-order valence-corrected chi connectivity index (χ0v) is 14.0. The zero-order chi connectivity index (χ0) is 18.0. The predicted octanol–water partition coefficient (Wildman–Crippen LogP) is 2.34. The van der Waals surface area contributed by atoms with Crippen LogP contribution in [0.1, 0.15) is 26.3 Å². The molecule has 0 aliphatic heterocycles. The van der Waals surface area contributed by atoms with Crippen LogP contribution < -0.4 is 20.5 Å². The fraction of sp³-hybridized carbons (Fsp3) is 0.158. The number of rotatable bonds is 5. The van der Waals surface area contributed by atoms with E-state index < -0.39 is 0 Å². The molecule has 0 unspecified atom stereocenters. The Morgan fingerprint density at radius 3 is 2.12 bits per heavy atom. The first-order valence-electron chi connectivity index (χ1n) is 7.69. The first kappa shape index (κ1) is 16.6. The maximum Gasteiger partial charge on any atom is 0.213 e. The third-order valence-electron chi connectivity index (χ3n) is 4.02. The molecular formula is C19H18N2O4. The number of nitrogen functional groups attached to an aromatic ring is 1. The van der Waals surface area contributed by atoms with Gasteiger partial charge in [-0.1, -0.05) is 12.1 Å². The van der Waals surface area contributed by atoms with Crippen molar-refractivity contribution in [2.24, 2.45) is 0 Å². The number of anilines is 1. The van der Waals surface area contributed by atoms with Gasteiger partial charge in [0.1, 0.15) is 11.5 Å². The van der Waals surface area contributed by atoms with Crippen LogP contribution in [0.2, 0.25) is 0 Å². The van der Waals surface area contributed by atoms with Crippen LogP contribution in [0.25, 0.3) is 0 Å². The summed E-state index contributed by atoms with van der Waals surface area (Å²) in [5, 5.41) is 3.02. The van der Waals surface area contributed by atoms with Crippen LogP contribution in [-0.2, 0) is 6.54 Å². The number of nitrogens with two attached hydrogens (primary N) is 1. The molecule has 128 valence electrons. The lowest BCUT2D eigenvalue weighted by atomic mass is 9.90. The zero-order valence-electron chi connectivity index (χ0n) is 14.0. The molecule has 0 amide bonds. The summed E-state index contributed by atoms with van der Waals surface area (Å²) in [5.41, 5.74) is 7.94. The molecule has 2 aromatic rings. The lowest BCUT2D eigenvalue weighted by molar-refractivity contribution is 0.0973. The third kappa shape index (κ3) is 3.06. The standard InChI is InChI=1S/C19H18N2O4/c1-24-15-7-8-16(25-2)18-17(15)14(22)9-13(19(18)23)21-10-11-3-5-12(20)6-4-11/h3-9,21H,10,20H2,1-2H3. The molecule has 0 bridgehead atoms. The topological polar surface area (TPSA) is 90.7 Å². The maximum absolute atomic E-state index is 12.8. The Bertz CT molecular complexity index is 870. The summed E-state index contributed by atoms with van der Waals surface area (Å²) in [6.45, 7) is 0.396. The number of ether oxygens (including phenoxy) is 2. The molecule has 6 nitrogen and oxygen atoms in total. The maximum atomic E-state index is 12.8. The lowest BCUT2D eigenvalue weighted by Gasteiger charge is -2.20. The van der Waals surface area contributed by atoms with Crippen LogP contribution in [-0.4, -0.2) is 25.8 Å². The van der Waals surface area contributed by atoms with Crippen LogP contribution >= 0.6 is 0 Å². The molecule has 25 heavy (non-hydrogen) atoms. The van der Waals surface area contributed by atoms with Crippen LogP contribution in [0.3, 0.4) is 0 Å². The molecular weight excluding hydrogens is 320 g/mol. The van der Waals surface area contributed by atoms with E-state index in [0.29, 0.717) is 23.7 Å². The highest BCUT2D eigenvalue weighted by atomic mass is 16.5. The van der Waals surface area contributed by atoms with Crippen molar-refractivity contribution in [1.29, 1.82) is 0 Å². The van der Waals surface area contributed by atoms with E-state index in [0.717, 1.165) is 5.56 Å². The van der Waals surface area contributed by atoms with Gasteiger partial charge in [-0.2, -0.15) is 0 Å². The largest absolute Gasteiger partial charge is 0.496 e. The summed E-state index contributed by atoms with van der Waals surface area (Å²) in [7, 11) is 2.91. The molecule has 0 saturated heterocycles. The number of hydrogen-bond donors (Lipinski definition) is 2. The first-order valence-corrected chi connectivity index (χ1v) is 7.69. The minimum Gasteiger partial charge on any atom is -0.496 e. The van der Waals surface area contributed by atoms with E-state index in [1.54, 1.807) is 24.3 Å². The van der Waals surface area contributed by atoms with Crippen molar-refractivity contribution in [3.63, 3.8) is 0 Å². The fourth-order valence-electron chi connectivity index (χ4n) is 2.74. The number of ketones is 2. The Morgan fingerprint density at radius 2 is 1.52 bits per heavy atom. The van der Waals surface area contributed by atoms with Gasteiger partial charge in [-0.3, -0.25) is 9.59 Å². The van der Waals surface area contributed by atoms with Gasteiger partial charge >= 0.3 is 0 Å². The second-order valence-corrected chi connectivity index (χ2v) is 5.57. The van der Waals surface area contributed by atoms with Crippen LogP contribution in [0, 0.1) is 0 Å². The highest BCUT2D eigenvalue weighted by Gasteiger charge is 2.31. The molecule has 0 fully saturated rings. The van der Waals surface area contributed by atoms with E-state index in [1.165, 1.54) is 20.3 Å². The van der Waals surface area contributed by atoms with Crippen molar-refractivity contribution in [2.45, 2.75) is 6.54 Å². The number of hydrogen-bond acceptors (Lipinski definition) is 6. The molecule has 0 spiro atoms. The highest BCUT2D eigenvalue weighted by molar-refractivity contribution is 6.26. The second kappa shape index (κ2) is 6.68. The number of nitrogens with one attached hydrogen (secondary N) is 1. The molecule has 0 heterocycles. The number of benzene rings is 2. The van der Waals surface area contributed by atoms with Crippen molar-refractivity contribution in [3.8, 4) is 11.5 Å².